The van der Waals surface area contributed by atoms with Gasteiger partial charge in [-0.05, 0) is 29.5 Å². The fourth-order valence-electron chi connectivity index (χ4n) is 3.52. The van der Waals surface area contributed by atoms with Gasteiger partial charge in [0, 0.05) is 25.2 Å². The predicted octanol–water partition coefficient (Wildman–Crippen LogP) is 4.54. The zero-order valence-corrected chi connectivity index (χ0v) is 17.7. The van der Waals surface area contributed by atoms with Crippen LogP contribution in [0, 0.1) is 5.92 Å². The van der Waals surface area contributed by atoms with Crippen molar-refractivity contribution in [2.45, 2.75) is 19.1 Å². The molecule has 2 aromatic rings. The standard InChI is InChI=1S/C22H21F3N4OS/c1-31-28-13-17(14-28)21(30)29(18-5-3-2-4-6-18)12-15-7-9-16(10-8-15)19-11-20(27-26-19)22(23,24)25/h2-10,17H,11-14H2,1H3. The quantitative estimate of drug-likeness (QED) is 0.612. The topological polar surface area (TPSA) is 48.3 Å². The molecule has 1 amide bonds. The summed E-state index contributed by atoms with van der Waals surface area (Å²) in [6.45, 7) is 1.84. The average molecular weight is 446 g/mol. The lowest BCUT2D eigenvalue weighted by Crippen LogP contribution is -2.51. The van der Waals surface area contributed by atoms with Gasteiger partial charge in [-0.15, -0.1) is 5.10 Å². The lowest BCUT2D eigenvalue weighted by molar-refractivity contribution is -0.125. The van der Waals surface area contributed by atoms with Crippen molar-refractivity contribution in [2.75, 3.05) is 24.2 Å². The van der Waals surface area contributed by atoms with Crippen molar-refractivity contribution in [1.82, 2.24) is 4.31 Å². The smallest absolute Gasteiger partial charge is 0.308 e. The van der Waals surface area contributed by atoms with Crippen LogP contribution in [0.1, 0.15) is 17.5 Å². The molecular formula is C22H21F3N4OS. The van der Waals surface area contributed by atoms with Gasteiger partial charge in [0.05, 0.1) is 18.2 Å². The molecule has 1 saturated heterocycles. The van der Waals surface area contributed by atoms with Gasteiger partial charge >= 0.3 is 6.18 Å². The van der Waals surface area contributed by atoms with Crippen molar-refractivity contribution in [2.24, 2.45) is 16.1 Å². The van der Waals surface area contributed by atoms with E-state index in [0.29, 0.717) is 17.8 Å². The fourth-order valence-corrected chi connectivity index (χ4v) is 4.18. The lowest BCUT2D eigenvalue weighted by atomic mass is 10.00. The number of carbonyl (C=O) groups excluding carboxylic acids is 1. The maximum atomic E-state index is 13.1. The number of benzene rings is 2. The molecule has 0 aromatic heterocycles. The van der Waals surface area contributed by atoms with E-state index in [1.54, 1.807) is 29.0 Å². The van der Waals surface area contributed by atoms with E-state index in [4.69, 9.17) is 0 Å². The zero-order valence-electron chi connectivity index (χ0n) is 16.8. The third kappa shape index (κ3) is 4.83. The van der Waals surface area contributed by atoms with Crippen LogP contribution in [0.25, 0.3) is 0 Å². The van der Waals surface area contributed by atoms with Crippen molar-refractivity contribution >= 4 is 35.0 Å². The Balaban J connectivity index is 1.47. The van der Waals surface area contributed by atoms with Gasteiger partial charge in [-0.1, -0.05) is 54.4 Å². The molecule has 9 heteroatoms. The number of nitrogens with zero attached hydrogens (tertiary/aromatic N) is 4. The number of amides is 1. The molecule has 2 aliphatic rings. The summed E-state index contributed by atoms with van der Waals surface area (Å²) in [5.74, 6) is 0.0293. The number of alkyl halides is 3. The van der Waals surface area contributed by atoms with Crippen LogP contribution in [0.5, 0.6) is 0 Å². The predicted molar refractivity (Wildman–Crippen MR) is 117 cm³/mol. The van der Waals surface area contributed by atoms with E-state index in [2.05, 4.69) is 14.5 Å². The molecule has 0 atom stereocenters. The molecule has 5 nitrogen and oxygen atoms in total. The minimum Gasteiger partial charge on any atom is -0.308 e. The molecule has 31 heavy (non-hydrogen) atoms. The minimum atomic E-state index is -4.46. The summed E-state index contributed by atoms with van der Waals surface area (Å²) in [7, 11) is 0. The number of carbonyl (C=O) groups is 1. The summed E-state index contributed by atoms with van der Waals surface area (Å²) in [5.41, 5.74) is 1.72. The van der Waals surface area contributed by atoms with Crippen LogP contribution in [-0.4, -0.2) is 47.2 Å². The first kappa shape index (κ1) is 21.6. The van der Waals surface area contributed by atoms with Crippen molar-refractivity contribution in [3.8, 4) is 0 Å². The van der Waals surface area contributed by atoms with E-state index in [1.165, 1.54) is 0 Å². The molecule has 2 aliphatic heterocycles. The summed E-state index contributed by atoms with van der Waals surface area (Å²) in [5, 5.41) is 6.96. The number of anilines is 1. The SMILES string of the molecule is CSN1CC(C(=O)N(Cc2ccc(C3=NN=C(C(F)(F)F)C3)cc2)c2ccccc2)C1. The fraction of sp³-hybridized carbons (Fsp3) is 0.318. The third-order valence-corrected chi connectivity index (χ3v) is 6.19. The Morgan fingerprint density at radius 1 is 1.10 bits per heavy atom. The van der Waals surface area contributed by atoms with Crippen LogP contribution in [0.15, 0.2) is 64.8 Å². The molecule has 2 heterocycles. The summed E-state index contributed by atoms with van der Waals surface area (Å²) in [4.78, 5) is 14.9. The van der Waals surface area contributed by atoms with E-state index in [1.807, 2.05) is 48.7 Å². The number of para-hydroxylation sites is 1. The van der Waals surface area contributed by atoms with E-state index in [0.717, 1.165) is 24.3 Å². The molecule has 0 spiro atoms. The van der Waals surface area contributed by atoms with Gasteiger partial charge in [-0.2, -0.15) is 18.3 Å². The van der Waals surface area contributed by atoms with Gasteiger partial charge in [-0.3, -0.25) is 4.79 Å². The molecule has 0 saturated carbocycles. The average Bonchev–Trinajstić information content (AvgIpc) is 3.23. The molecule has 1 fully saturated rings. The van der Waals surface area contributed by atoms with Gasteiger partial charge in [-0.25, -0.2) is 4.31 Å². The molecule has 162 valence electrons. The first-order valence-corrected chi connectivity index (χ1v) is 11.0. The Kier molecular flexibility index (Phi) is 6.15. The second-order valence-corrected chi connectivity index (χ2v) is 8.33. The van der Waals surface area contributed by atoms with E-state index < -0.39 is 11.9 Å². The van der Waals surface area contributed by atoms with Crippen LogP contribution in [0.4, 0.5) is 18.9 Å². The molecule has 4 rings (SSSR count). The molecular weight excluding hydrogens is 425 g/mol. The summed E-state index contributed by atoms with van der Waals surface area (Å²) in [6.07, 6.45) is -2.80. The van der Waals surface area contributed by atoms with E-state index in [9.17, 15) is 18.0 Å². The lowest BCUT2D eigenvalue weighted by Gasteiger charge is -2.39. The number of hydrogen-bond donors (Lipinski definition) is 0. The van der Waals surface area contributed by atoms with Gasteiger partial charge < -0.3 is 4.90 Å². The van der Waals surface area contributed by atoms with Crippen LogP contribution in [-0.2, 0) is 11.3 Å². The summed E-state index contributed by atoms with van der Waals surface area (Å²) < 4.78 is 40.5. The monoisotopic (exact) mass is 446 g/mol. The largest absolute Gasteiger partial charge is 0.431 e. The third-order valence-electron chi connectivity index (χ3n) is 5.37. The second-order valence-electron chi connectivity index (χ2n) is 7.45. The maximum Gasteiger partial charge on any atom is 0.431 e. The highest BCUT2D eigenvalue weighted by Crippen LogP contribution is 2.28. The van der Waals surface area contributed by atoms with Crippen LogP contribution < -0.4 is 4.90 Å². The molecule has 2 aromatic carbocycles. The molecule has 0 N–H and O–H groups in total. The number of rotatable bonds is 6. The van der Waals surface area contributed by atoms with Gasteiger partial charge in [0.15, 0.2) is 0 Å². The highest BCUT2D eigenvalue weighted by Gasteiger charge is 2.39. The van der Waals surface area contributed by atoms with Crippen LogP contribution in [0.2, 0.25) is 0 Å². The van der Waals surface area contributed by atoms with Crippen molar-refractivity contribution in [1.29, 1.82) is 0 Å². The van der Waals surface area contributed by atoms with Crippen molar-refractivity contribution in [3.63, 3.8) is 0 Å². The first-order valence-electron chi connectivity index (χ1n) is 9.80. The maximum absolute atomic E-state index is 13.1. The first-order chi connectivity index (χ1) is 14.8. The molecule has 0 unspecified atom stereocenters. The van der Waals surface area contributed by atoms with E-state index in [-0.39, 0.29) is 18.2 Å². The highest BCUT2D eigenvalue weighted by molar-refractivity contribution is 7.96. The van der Waals surface area contributed by atoms with Crippen LogP contribution >= 0.6 is 11.9 Å². The summed E-state index contributed by atoms with van der Waals surface area (Å²) >= 11 is 1.63. The molecule has 0 bridgehead atoms. The highest BCUT2D eigenvalue weighted by atomic mass is 32.2. The van der Waals surface area contributed by atoms with Crippen molar-refractivity contribution in [3.05, 3.63) is 65.7 Å². The van der Waals surface area contributed by atoms with Gasteiger partial charge in [0.2, 0.25) is 5.91 Å². The number of halogens is 3. The Labute approximate surface area is 182 Å². The molecule has 0 radical (unpaired) electrons. The van der Waals surface area contributed by atoms with Crippen molar-refractivity contribution < 1.29 is 18.0 Å². The number of hydrogen-bond acceptors (Lipinski definition) is 5. The van der Waals surface area contributed by atoms with Gasteiger partial charge in [0.1, 0.15) is 5.71 Å². The minimum absolute atomic E-state index is 0.0438. The van der Waals surface area contributed by atoms with Gasteiger partial charge in [0.25, 0.3) is 0 Å². The Morgan fingerprint density at radius 3 is 2.35 bits per heavy atom. The summed E-state index contributed by atoms with van der Waals surface area (Å²) in [6, 6.07) is 16.6. The van der Waals surface area contributed by atoms with Crippen LogP contribution in [0.3, 0.4) is 0 Å². The van der Waals surface area contributed by atoms with E-state index >= 15 is 0 Å². The Bertz CT molecular complexity index is 1000. The second kappa shape index (κ2) is 8.84. The molecule has 0 aliphatic carbocycles. The Morgan fingerprint density at radius 2 is 1.77 bits per heavy atom. The zero-order chi connectivity index (χ0) is 22.0. The normalized spacial score (nSPS) is 17.2. The Hall–Kier alpha value is -2.65.